The van der Waals surface area contributed by atoms with Crippen molar-refractivity contribution in [1.29, 1.82) is 0 Å². The zero-order valence-electron chi connectivity index (χ0n) is 10.3. The van der Waals surface area contributed by atoms with E-state index in [4.69, 9.17) is 11.6 Å². The number of rotatable bonds is 3. The second-order valence-corrected chi connectivity index (χ2v) is 6.40. The number of nitrogens with one attached hydrogen (secondary N) is 1. The molecule has 1 aromatic carbocycles. The van der Waals surface area contributed by atoms with Crippen LogP contribution in [0.5, 0.6) is 0 Å². The van der Waals surface area contributed by atoms with E-state index >= 15 is 0 Å². The van der Waals surface area contributed by atoms with Gasteiger partial charge in [0.1, 0.15) is 5.82 Å². The summed E-state index contributed by atoms with van der Waals surface area (Å²) in [4.78, 5) is 0. The topological polar surface area (TPSA) is 12.0 Å². The van der Waals surface area contributed by atoms with Crippen LogP contribution < -0.4 is 5.32 Å². The highest BCUT2D eigenvalue weighted by atomic mass is 79.9. The lowest BCUT2D eigenvalue weighted by Crippen LogP contribution is -2.35. The zero-order valence-corrected chi connectivity index (χ0v) is 12.6. The minimum Gasteiger partial charge on any atom is -0.308 e. The zero-order chi connectivity index (χ0) is 13.0. The fraction of sp³-hybridized carbons (Fsp3) is 0.571. The van der Waals surface area contributed by atoms with Crippen molar-refractivity contribution in [1.82, 2.24) is 5.32 Å². The van der Waals surface area contributed by atoms with E-state index in [-0.39, 0.29) is 11.2 Å². The molecule has 0 bridgehead atoms. The molecule has 4 heteroatoms. The normalized spacial score (nSPS) is 24.8. The SMILES string of the molecule is Fc1cc(Br)cc(CNC2CCCCCC2Cl)c1. The van der Waals surface area contributed by atoms with Crippen LogP contribution in [0.15, 0.2) is 22.7 Å². The number of hydrogen-bond donors (Lipinski definition) is 1. The lowest BCUT2D eigenvalue weighted by atomic mass is 10.1. The molecule has 100 valence electrons. The lowest BCUT2D eigenvalue weighted by Gasteiger charge is -2.21. The third-order valence-corrected chi connectivity index (χ3v) is 4.40. The second-order valence-electron chi connectivity index (χ2n) is 4.92. The van der Waals surface area contributed by atoms with Crippen molar-refractivity contribution < 1.29 is 4.39 Å². The summed E-state index contributed by atoms with van der Waals surface area (Å²) in [6, 6.07) is 5.32. The van der Waals surface area contributed by atoms with E-state index in [2.05, 4.69) is 21.2 Å². The second kappa shape index (κ2) is 6.88. The Bertz CT molecular complexity index is 379. The molecule has 18 heavy (non-hydrogen) atoms. The highest BCUT2D eigenvalue weighted by Gasteiger charge is 2.20. The van der Waals surface area contributed by atoms with Gasteiger partial charge in [-0.3, -0.25) is 0 Å². The van der Waals surface area contributed by atoms with E-state index in [9.17, 15) is 4.39 Å². The molecule has 2 rings (SSSR count). The average Bonchev–Trinajstić information content (AvgIpc) is 2.50. The summed E-state index contributed by atoms with van der Waals surface area (Å²) in [7, 11) is 0. The van der Waals surface area contributed by atoms with Crippen molar-refractivity contribution in [2.24, 2.45) is 0 Å². The third-order valence-electron chi connectivity index (χ3n) is 3.42. The third kappa shape index (κ3) is 4.22. The van der Waals surface area contributed by atoms with Crippen molar-refractivity contribution >= 4 is 27.5 Å². The van der Waals surface area contributed by atoms with Gasteiger partial charge in [-0.2, -0.15) is 0 Å². The predicted octanol–water partition coefficient (Wildman–Crippen LogP) is 4.62. The fourth-order valence-electron chi connectivity index (χ4n) is 2.45. The molecular formula is C14H18BrClFN. The molecule has 0 amide bonds. The summed E-state index contributed by atoms with van der Waals surface area (Å²) in [5.74, 6) is -0.204. The molecule has 1 saturated carbocycles. The molecule has 0 radical (unpaired) electrons. The van der Waals surface area contributed by atoms with Crippen molar-refractivity contribution in [3.05, 3.63) is 34.1 Å². The Morgan fingerprint density at radius 2 is 2.00 bits per heavy atom. The molecule has 1 aromatic rings. The van der Waals surface area contributed by atoms with Gasteiger partial charge in [-0.05, 0) is 36.6 Å². The van der Waals surface area contributed by atoms with Crippen LogP contribution in [0.2, 0.25) is 0 Å². The fourth-order valence-corrected chi connectivity index (χ4v) is 3.34. The van der Waals surface area contributed by atoms with E-state index < -0.39 is 0 Å². The molecule has 1 aliphatic carbocycles. The monoisotopic (exact) mass is 333 g/mol. The van der Waals surface area contributed by atoms with Gasteiger partial charge in [0.05, 0.1) is 0 Å². The molecule has 0 aromatic heterocycles. The molecule has 0 saturated heterocycles. The molecule has 1 fully saturated rings. The maximum Gasteiger partial charge on any atom is 0.124 e. The quantitative estimate of drug-likeness (QED) is 0.628. The van der Waals surface area contributed by atoms with E-state index in [1.807, 2.05) is 6.07 Å². The smallest absolute Gasteiger partial charge is 0.124 e. The van der Waals surface area contributed by atoms with E-state index in [0.717, 1.165) is 22.9 Å². The first-order chi connectivity index (χ1) is 8.65. The van der Waals surface area contributed by atoms with E-state index in [1.54, 1.807) is 6.07 Å². The Morgan fingerprint density at radius 1 is 1.22 bits per heavy atom. The Kier molecular flexibility index (Phi) is 5.46. The maximum absolute atomic E-state index is 13.3. The van der Waals surface area contributed by atoms with Crippen LogP contribution in [0.4, 0.5) is 4.39 Å². The summed E-state index contributed by atoms with van der Waals surface area (Å²) < 4.78 is 14.0. The van der Waals surface area contributed by atoms with Crippen LogP contribution in [-0.2, 0) is 6.54 Å². The maximum atomic E-state index is 13.3. The molecule has 1 nitrogen and oxygen atoms in total. The Hall–Kier alpha value is -0.120. The summed E-state index contributed by atoms with van der Waals surface area (Å²) in [5.41, 5.74) is 0.954. The lowest BCUT2D eigenvalue weighted by molar-refractivity contribution is 0.464. The van der Waals surface area contributed by atoms with Gasteiger partial charge in [-0.25, -0.2) is 4.39 Å². The van der Waals surface area contributed by atoms with E-state index in [0.29, 0.717) is 12.6 Å². The highest BCUT2D eigenvalue weighted by molar-refractivity contribution is 9.10. The summed E-state index contributed by atoms with van der Waals surface area (Å²) in [6.07, 6.45) is 5.91. The number of halogens is 3. The van der Waals surface area contributed by atoms with Crippen LogP contribution in [-0.4, -0.2) is 11.4 Å². The average molecular weight is 335 g/mol. The van der Waals surface area contributed by atoms with Crippen molar-refractivity contribution in [2.45, 2.75) is 50.1 Å². The van der Waals surface area contributed by atoms with Crippen molar-refractivity contribution in [3.63, 3.8) is 0 Å². The molecule has 2 atom stereocenters. The minimum absolute atomic E-state index is 0.199. The van der Waals surface area contributed by atoms with E-state index in [1.165, 1.54) is 25.3 Å². The van der Waals surface area contributed by atoms with Gasteiger partial charge in [0, 0.05) is 22.4 Å². The summed E-state index contributed by atoms with van der Waals surface area (Å²) in [5, 5.41) is 3.66. The Balaban J connectivity index is 1.93. The molecular weight excluding hydrogens is 317 g/mol. The van der Waals surface area contributed by atoms with Crippen molar-refractivity contribution in [2.75, 3.05) is 0 Å². The molecule has 0 spiro atoms. The first-order valence-corrected chi connectivity index (χ1v) is 7.70. The predicted molar refractivity (Wildman–Crippen MR) is 77.5 cm³/mol. The molecule has 0 heterocycles. The van der Waals surface area contributed by atoms with Gasteiger partial charge in [-0.1, -0.05) is 35.2 Å². The van der Waals surface area contributed by atoms with Crippen LogP contribution in [0, 0.1) is 5.82 Å². The summed E-state index contributed by atoms with van der Waals surface area (Å²) >= 11 is 9.68. The van der Waals surface area contributed by atoms with Crippen LogP contribution in [0.3, 0.4) is 0 Å². The van der Waals surface area contributed by atoms with Gasteiger partial charge in [0.25, 0.3) is 0 Å². The van der Waals surface area contributed by atoms with Crippen LogP contribution >= 0.6 is 27.5 Å². The van der Waals surface area contributed by atoms with Gasteiger partial charge in [0.15, 0.2) is 0 Å². The van der Waals surface area contributed by atoms with Crippen LogP contribution in [0.25, 0.3) is 0 Å². The Labute approximate surface area is 121 Å². The van der Waals surface area contributed by atoms with Gasteiger partial charge < -0.3 is 5.32 Å². The molecule has 1 N–H and O–H groups in total. The number of alkyl halides is 1. The first kappa shape index (κ1) is 14.3. The molecule has 1 aliphatic rings. The minimum atomic E-state index is -0.204. The molecule has 2 unspecified atom stereocenters. The van der Waals surface area contributed by atoms with Gasteiger partial charge in [0.2, 0.25) is 0 Å². The van der Waals surface area contributed by atoms with Crippen molar-refractivity contribution in [3.8, 4) is 0 Å². The van der Waals surface area contributed by atoms with Crippen LogP contribution in [0.1, 0.15) is 37.7 Å². The summed E-state index contributed by atoms with van der Waals surface area (Å²) in [6.45, 7) is 0.671. The highest BCUT2D eigenvalue weighted by Crippen LogP contribution is 2.23. The largest absolute Gasteiger partial charge is 0.308 e. The Morgan fingerprint density at radius 3 is 2.78 bits per heavy atom. The first-order valence-electron chi connectivity index (χ1n) is 6.47. The van der Waals surface area contributed by atoms with Gasteiger partial charge >= 0.3 is 0 Å². The number of hydrogen-bond acceptors (Lipinski definition) is 1. The standard InChI is InChI=1S/C14H18BrClFN/c15-11-6-10(7-12(17)8-11)9-18-14-5-3-1-2-4-13(14)16/h6-8,13-14,18H,1-5,9H2. The number of benzene rings is 1. The van der Waals surface area contributed by atoms with Gasteiger partial charge in [-0.15, -0.1) is 11.6 Å². The molecule has 0 aliphatic heterocycles.